The predicted molar refractivity (Wildman–Crippen MR) is 51.1 cm³/mol. The second kappa shape index (κ2) is 5.65. The molecule has 0 heterocycles. The highest BCUT2D eigenvalue weighted by atomic mass is 79.9. The molecule has 0 fully saturated rings. The first-order chi connectivity index (χ1) is 5.48. The van der Waals surface area contributed by atoms with Crippen molar-refractivity contribution < 1.29 is 14.1 Å². The van der Waals surface area contributed by atoms with Crippen LogP contribution in [-0.4, -0.2) is 23.1 Å². The van der Waals surface area contributed by atoms with Crippen molar-refractivity contribution in [2.45, 2.75) is 24.6 Å². The molecule has 0 aliphatic carbocycles. The van der Waals surface area contributed by atoms with Crippen LogP contribution in [0.4, 0.5) is 0 Å². The van der Waals surface area contributed by atoms with Gasteiger partial charge in [0.15, 0.2) is 8.46 Å². The number of hydrogen-bond acceptors (Lipinski definition) is 3. The lowest BCUT2D eigenvalue weighted by molar-refractivity contribution is -0.145. The Kier molecular flexibility index (Phi) is 5.68. The molecule has 0 unspecified atom stereocenters. The quantitative estimate of drug-likeness (QED) is 0.328. The van der Waals surface area contributed by atoms with Gasteiger partial charge in [-0.25, -0.2) is 0 Å². The predicted octanol–water partition coefficient (Wildman–Crippen LogP) is 2.38. The lowest BCUT2D eigenvalue weighted by Gasteiger charge is -2.13. The summed E-state index contributed by atoms with van der Waals surface area (Å²) in [6, 6.07) is 0. The van der Waals surface area contributed by atoms with E-state index < -0.39 is 4.32 Å². The number of ether oxygens (including phenoxy) is 1. The second-order valence-corrected chi connectivity index (χ2v) is 5.50. The summed E-state index contributed by atoms with van der Waals surface area (Å²) in [4.78, 5) is 11.1. The van der Waals surface area contributed by atoms with E-state index in [2.05, 4.69) is 15.9 Å². The number of halogens is 1. The first-order valence-corrected chi connectivity index (χ1v) is 5.43. The Hall–Kier alpha value is 0.0500. The number of carbonyl (C=O) groups excluding carboxylic acids is 1. The summed E-state index contributed by atoms with van der Waals surface area (Å²) in [6.07, 6.45) is 1.18. The third-order valence-corrected chi connectivity index (χ3v) is 1.93. The van der Waals surface area contributed by atoms with Crippen molar-refractivity contribution in [2.75, 3.05) is 12.8 Å². The standard InChI is InChI=1S/C7H12BrO3P/c1-7(2,8)6(9)11-4-3-5-12-10/h3-5H2,1-2H3. The van der Waals surface area contributed by atoms with Gasteiger partial charge in [-0.3, -0.25) is 9.36 Å². The molecule has 0 spiro atoms. The average Bonchev–Trinajstić information content (AvgIpc) is 1.96. The van der Waals surface area contributed by atoms with Crippen LogP contribution in [-0.2, 0) is 14.1 Å². The highest BCUT2D eigenvalue weighted by molar-refractivity contribution is 9.10. The van der Waals surface area contributed by atoms with Crippen molar-refractivity contribution in [2.24, 2.45) is 0 Å². The van der Waals surface area contributed by atoms with Crippen LogP contribution in [0.1, 0.15) is 20.3 Å². The van der Waals surface area contributed by atoms with Gasteiger partial charge in [0.05, 0.1) is 6.61 Å². The molecule has 3 nitrogen and oxygen atoms in total. The highest BCUT2D eigenvalue weighted by Crippen LogP contribution is 2.17. The van der Waals surface area contributed by atoms with Gasteiger partial charge in [-0.15, -0.1) is 0 Å². The number of esters is 1. The van der Waals surface area contributed by atoms with Crippen molar-refractivity contribution in [3.63, 3.8) is 0 Å². The summed E-state index contributed by atoms with van der Waals surface area (Å²) in [5.41, 5.74) is 0. The Morgan fingerprint density at radius 2 is 2.17 bits per heavy atom. The first-order valence-electron chi connectivity index (χ1n) is 3.63. The van der Waals surface area contributed by atoms with Crippen LogP contribution in [0.25, 0.3) is 0 Å². The van der Waals surface area contributed by atoms with Crippen LogP contribution in [0, 0.1) is 0 Å². The van der Waals surface area contributed by atoms with Crippen LogP contribution >= 0.6 is 24.4 Å². The monoisotopic (exact) mass is 254 g/mol. The van der Waals surface area contributed by atoms with Gasteiger partial charge in [-0.2, -0.15) is 0 Å². The van der Waals surface area contributed by atoms with Crippen molar-refractivity contribution in [1.29, 1.82) is 0 Å². The van der Waals surface area contributed by atoms with Crippen LogP contribution in [0.3, 0.4) is 0 Å². The average molecular weight is 255 g/mol. The largest absolute Gasteiger partial charge is 0.465 e. The minimum Gasteiger partial charge on any atom is -0.465 e. The minimum atomic E-state index is -0.623. The Labute approximate surface area is 82.2 Å². The molecule has 0 aliphatic heterocycles. The SMILES string of the molecule is CC(C)(Br)C(=O)OCCCP=O. The van der Waals surface area contributed by atoms with E-state index in [-0.39, 0.29) is 14.4 Å². The maximum atomic E-state index is 11.1. The van der Waals surface area contributed by atoms with Crippen molar-refractivity contribution in [3.05, 3.63) is 0 Å². The fraction of sp³-hybridized carbons (Fsp3) is 0.857. The van der Waals surface area contributed by atoms with E-state index in [0.29, 0.717) is 19.2 Å². The van der Waals surface area contributed by atoms with Gasteiger partial charge < -0.3 is 4.74 Å². The minimum absolute atomic E-state index is 0.101. The van der Waals surface area contributed by atoms with Crippen LogP contribution in [0.2, 0.25) is 0 Å². The molecule has 0 aliphatic rings. The van der Waals surface area contributed by atoms with Crippen LogP contribution in [0.5, 0.6) is 0 Å². The van der Waals surface area contributed by atoms with Gasteiger partial charge in [0.2, 0.25) is 0 Å². The molecule has 0 radical (unpaired) electrons. The highest BCUT2D eigenvalue weighted by Gasteiger charge is 2.24. The molecule has 0 aromatic carbocycles. The van der Waals surface area contributed by atoms with Gasteiger partial charge in [0, 0.05) is 6.16 Å². The zero-order chi connectivity index (χ0) is 9.61. The Bertz CT molecular complexity index is 165. The molecular formula is C7H12BrO3P. The second-order valence-electron chi connectivity index (χ2n) is 2.81. The molecule has 0 bridgehead atoms. The first kappa shape index (κ1) is 12.0. The zero-order valence-corrected chi connectivity index (χ0v) is 9.65. The lowest BCUT2D eigenvalue weighted by Crippen LogP contribution is -2.26. The van der Waals surface area contributed by atoms with Crippen molar-refractivity contribution >= 4 is 30.4 Å². The molecule has 0 rings (SSSR count). The molecule has 5 heteroatoms. The topological polar surface area (TPSA) is 43.4 Å². The molecule has 0 aromatic rings. The van der Waals surface area contributed by atoms with E-state index in [1.54, 1.807) is 13.8 Å². The van der Waals surface area contributed by atoms with Crippen molar-refractivity contribution in [1.82, 2.24) is 0 Å². The lowest BCUT2D eigenvalue weighted by atomic mass is 10.2. The molecule has 0 saturated heterocycles. The third-order valence-electron chi connectivity index (χ3n) is 1.11. The van der Waals surface area contributed by atoms with E-state index in [0.717, 1.165) is 0 Å². The number of rotatable bonds is 5. The molecule has 0 aromatic heterocycles. The summed E-state index contributed by atoms with van der Waals surface area (Å²) >= 11 is 3.18. The Morgan fingerprint density at radius 3 is 2.58 bits per heavy atom. The van der Waals surface area contributed by atoms with Crippen molar-refractivity contribution in [3.8, 4) is 0 Å². The van der Waals surface area contributed by atoms with Crippen LogP contribution < -0.4 is 0 Å². The van der Waals surface area contributed by atoms with E-state index in [1.165, 1.54) is 0 Å². The van der Waals surface area contributed by atoms with E-state index >= 15 is 0 Å². The van der Waals surface area contributed by atoms with Gasteiger partial charge >= 0.3 is 5.97 Å². The molecule has 0 atom stereocenters. The van der Waals surface area contributed by atoms with Gasteiger partial charge in [0.1, 0.15) is 4.32 Å². The molecule has 0 saturated carbocycles. The van der Waals surface area contributed by atoms with E-state index in [9.17, 15) is 9.36 Å². The molecule has 12 heavy (non-hydrogen) atoms. The normalized spacial score (nSPS) is 11.6. The number of alkyl halides is 1. The van der Waals surface area contributed by atoms with Gasteiger partial charge in [-0.1, -0.05) is 15.9 Å². The summed E-state index contributed by atoms with van der Waals surface area (Å²) in [5, 5.41) is 0. The Morgan fingerprint density at radius 1 is 1.58 bits per heavy atom. The molecule has 0 N–H and O–H groups in total. The zero-order valence-electron chi connectivity index (χ0n) is 7.17. The Balaban J connectivity index is 3.51. The van der Waals surface area contributed by atoms with E-state index in [4.69, 9.17) is 4.74 Å². The van der Waals surface area contributed by atoms with Gasteiger partial charge in [0.25, 0.3) is 0 Å². The summed E-state index contributed by atoms with van der Waals surface area (Å²) < 4.78 is 14.3. The molecule has 0 amide bonds. The molecule has 70 valence electrons. The molecular weight excluding hydrogens is 243 g/mol. The summed E-state index contributed by atoms with van der Waals surface area (Å²) in [5.74, 6) is -0.287. The summed E-state index contributed by atoms with van der Waals surface area (Å²) in [6.45, 7) is 3.78. The fourth-order valence-electron chi connectivity index (χ4n) is 0.466. The number of carbonyl (C=O) groups is 1. The van der Waals surface area contributed by atoms with Gasteiger partial charge in [-0.05, 0) is 20.3 Å². The maximum absolute atomic E-state index is 11.1. The van der Waals surface area contributed by atoms with Crippen LogP contribution in [0.15, 0.2) is 0 Å². The fourth-order valence-corrected chi connectivity index (χ4v) is 0.838. The smallest absolute Gasteiger partial charge is 0.322 e. The number of hydrogen-bond donors (Lipinski definition) is 0. The maximum Gasteiger partial charge on any atom is 0.322 e. The third kappa shape index (κ3) is 5.67. The summed E-state index contributed by atoms with van der Waals surface area (Å²) in [7, 11) is 0.101. The van der Waals surface area contributed by atoms with E-state index in [1.807, 2.05) is 0 Å².